The number of nitrogens with one attached hydrogen (secondary N) is 1. The molecule has 3 heterocycles. The Bertz CT molecular complexity index is 836. The van der Waals surface area contributed by atoms with E-state index in [0.29, 0.717) is 6.04 Å². The van der Waals surface area contributed by atoms with Crippen molar-refractivity contribution in [2.45, 2.75) is 39.2 Å². The molecule has 0 aliphatic carbocycles. The molecule has 1 saturated heterocycles. The van der Waals surface area contributed by atoms with Crippen molar-refractivity contribution in [2.75, 3.05) is 11.4 Å². The second-order valence-corrected chi connectivity index (χ2v) is 6.53. The van der Waals surface area contributed by atoms with Crippen LogP contribution in [0.25, 0.3) is 22.2 Å². The normalized spacial score (nSPS) is 18.5. The molecule has 1 N–H and O–H groups in total. The molecule has 0 saturated carbocycles. The Morgan fingerprint density at radius 1 is 1.22 bits per heavy atom. The van der Waals surface area contributed by atoms with E-state index in [1.807, 2.05) is 0 Å². The molecule has 23 heavy (non-hydrogen) atoms. The summed E-state index contributed by atoms with van der Waals surface area (Å²) < 4.78 is 0. The lowest BCUT2D eigenvalue weighted by atomic mass is 10.0. The van der Waals surface area contributed by atoms with Crippen molar-refractivity contribution < 1.29 is 0 Å². The highest BCUT2D eigenvalue weighted by Crippen LogP contribution is 2.36. The predicted molar refractivity (Wildman–Crippen MR) is 94.7 cm³/mol. The van der Waals surface area contributed by atoms with Crippen LogP contribution in [-0.2, 0) is 0 Å². The molecule has 118 valence electrons. The molecule has 0 amide bonds. The van der Waals surface area contributed by atoms with Gasteiger partial charge < -0.3 is 9.88 Å². The number of hydrogen-bond acceptors (Lipinski definition) is 3. The van der Waals surface area contributed by atoms with Crippen molar-refractivity contribution in [1.29, 1.82) is 0 Å². The summed E-state index contributed by atoms with van der Waals surface area (Å²) in [5, 5.41) is 1.15. The quantitative estimate of drug-likeness (QED) is 0.767. The number of aryl methyl sites for hydroxylation is 1. The summed E-state index contributed by atoms with van der Waals surface area (Å²) in [4.78, 5) is 14.9. The lowest BCUT2D eigenvalue weighted by molar-refractivity contribution is 0.482. The molecular weight excluding hydrogens is 284 g/mol. The smallest absolute Gasteiger partial charge is 0.143 e. The molecule has 1 unspecified atom stereocenters. The molecule has 1 fully saturated rings. The molecule has 1 atom stereocenters. The summed E-state index contributed by atoms with van der Waals surface area (Å²) in [5.74, 6) is 1.07. The van der Waals surface area contributed by atoms with Gasteiger partial charge in [0.2, 0.25) is 0 Å². The van der Waals surface area contributed by atoms with Crippen molar-refractivity contribution in [3.8, 4) is 11.1 Å². The van der Waals surface area contributed by atoms with Crippen LogP contribution in [0.1, 0.15) is 31.7 Å². The molecule has 0 bridgehead atoms. The fraction of sp³-hybridized carbons (Fsp3) is 0.368. The van der Waals surface area contributed by atoms with E-state index in [1.165, 1.54) is 36.0 Å². The zero-order chi connectivity index (χ0) is 15.8. The van der Waals surface area contributed by atoms with Gasteiger partial charge in [-0.05, 0) is 38.7 Å². The number of nitrogens with zero attached hydrogens (tertiary/aromatic N) is 3. The first kappa shape index (κ1) is 14.2. The molecule has 4 rings (SSSR count). The minimum absolute atomic E-state index is 0.530. The van der Waals surface area contributed by atoms with Gasteiger partial charge in [-0.25, -0.2) is 9.97 Å². The highest BCUT2D eigenvalue weighted by molar-refractivity contribution is 6.01. The van der Waals surface area contributed by atoms with Crippen molar-refractivity contribution in [1.82, 2.24) is 15.0 Å². The third kappa shape index (κ3) is 2.48. The van der Waals surface area contributed by atoms with Crippen molar-refractivity contribution >= 4 is 16.9 Å². The van der Waals surface area contributed by atoms with E-state index >= 15 is 0 Å². The van der Waals surface area contributed by atoms with Crippen LogP contribution in [0, 0.1) is 6.92 Å². The number of aromatic amines is 1. The number of rotatable bonds is 2. The third-order valence-electron chi connectivity index (χ3n) is 4.85. The third-order valence-corrected chi connectivity index (χ3v) is 4.85. The largest absolute Gasteiger partial charge is 0.353 e. The Labute approximate surface area is 136 Å². The summed E-state index contributed by atoms with van der Waals surface area (Å²) in [6.07, 6.45) is 7.52. The first-order valence-electron chi connectivity index (χ1n) is 8.40. The number of anilines is 1. The van der Waals surface area contributed by atoms with Crippen LogP contribution >= 0.6 is 0 Å². The van der Waals surface area contributed by atoms with Crippen molar-refractivity contribution in [3.05, 3.63) is 42.4 Å². The molecule has 1 aliphatic rings. The van der Waals surface area contributed by atoms with E-state index in [-0.39, 0.29) is 0 Å². The maximum absolute atomic E-state index is 4.66. The number of benzene rings is 1. The Hall–Kier alpha value is -2.36. The highest BCUT2D eigenvalue weighted by atomic mass is 15.2. The Balaban J connectivity index is 1.90. The fourth-order valence-electron chi connectivity index (χ4n) is 3.62. The monoisotopic (exact) mass is 306 g/mol. The van der Waals surface area contributed by atoms with Gasteiger partial charge in [-0.15, -0.1) is 0 Å². The molecule has 1 aliphatic heterocycles. The lowest BCUT2D eigenvalue weighted by Gasteiger charge is -2.34. The maximum atomic E-state index is 4.66. The average molecular weight is 306 g/mol. The van der Waals surface area contributed by atoms with E-state index < -0.39 is 0 Å². The number of aromatic nitrogens is 3. The predicted octanol–water partition coefficient (Wildman–Crippen LogP) is 4.31. The molecule has 4 heteroatoms. The molecule has 3 aromatic rings. The van der Waals surface area contributed by atoms with Crippen LogP contribution < -0.4 is 4.90 Å². The van der Waals surface area contributed by atoms with Crippen LogP contribution in [-0.4, -0.2) is 27.5 Å². The van der Waals surface area contributed by atoms with E-state index in [4.69, 9.17) is 0 Å². The fourth-order valence-corrected chi connectivity index (χ4v) is 3.62. The Morgan fingerprint density at radius 3 is 2.96 bits per heavy atom. The van der Waals surface area contributed by atoms with Gasteiger partial charge >= 0.3 is 0 Å². The minimum atomic E-state index is 0.530. The Morgan fingerprint density at radius 2 is 2.13 bits per heavy atom. The Kier molecular flexibility index (Phi) is 3.52. The first-order valence-corrected chi connectivity index (χ1v) is 8.40. The van der Waals surface area contributed by atoms with Crippen LogP contribution in [0.5, 0.6) is 0 Å². The highest BCUT2D eigenvalue weighted by Gasteiger charge is 2.23. The SMILES string of the molecule is Cc1cccc(-c2c[nH]c3ncnc(N4CCCCC4C)c23)c1. The van der Waals surface area contributed by atoms with Gasteiger partial charge in [-0.1, -0.05) is 29.8 Å². The van der Waals surface area contributed by atoms with Gasteiger partial charge in [-0.3, -0.25) is 0 Å². The van der Waals surface area contributed by atoms with Crippen LogP contribution in [0.15, 0.2) is 36.8 Å². The van der Waals surface area contributed by atoms with E-state index in [2.05, 4.69) is 64.2 Å². The van der Waals surface area contributed by atoms with Crippen LogP contribution in [0.2, 0.25) is 0 Å². The molecule has 0 radical (unpaired) electrons. The van der Waals surface area contributed by atoms with E-state index in [0.717, 1.165) is 23.4 Å². The second-order valence-electron chi connectivity index (χ2n) is 6.53. The average Bonchev–Trinajstić information content (AvgIpc) is 2.99. The van der Waals surface area contributed by atoms with Crippen molar-refractivity contribution in [3.63, 3.8) is 0 Å². The summed E-state index contributed by atoms with van der Waals surface area (Å²) in [5.41, 5.74) is 4.60. The number of piperidine rings is 1. The van der Waals surface area contributed by atoms with E-state index in [1.54, 1.807) is 6.33 Å². The van der Waals surface area contributed by atoms with Gasteiger partial charge in [0, 0.05) is 24.3 Å². The molecule has 4 nitrogen and oxygen atoms in total. The molecule has 1 aromatic carbocycles. The van der Waals surface area contributed by atoms with Gasteiger partial charge in [0.1, 0.15) is 17.8 Å². The second kappa shape index (κ2) is 5.69. The van der Waals surface area contributed by atoms with Gasteiger partial charge in [-0.2, -0.15) is 0 Å². The molecule has 0 spiro atoms. The topological polar surface area (TPSA) is 44.8 Å². The minimum Gasteiger partial charge on any atom is -0.353 e. The van der Waals surface area contributed by atoms with E-state index in [9.17, 15) is 0 Å². The summed E-state index contributed by atoms with van der Waals surface area (Å²) >= 11 is 0. The van der Waals surface area contributed by atoms with Crippen LogP contribution in [0.3, 0.4) is 0 Å². The lowest BCUT2D eigenvalue weighted by Crippen LogP contribution is -2.38. The first-order chi connectivity index (χ1) is 11.2. The molecular formula is C19H22N4. The number of fused-ring (bicyclic) bond motifs is 1. The maximum Gasteiger partial charge on any atom is 0.143 e. The van der Waals surface area contributed by atoms with Gasteiger partial charge in [0.25, 0.3) is 0 Å². The summed E-state index contributed by atoms with van der Waals surface area (Å²) in [7, 11) is 0. The van der Waals surface area contributed by atoms with Gasteiger partial charge in [0.05, 0.1) is 5.39 Å². The number of hydrogen-bond donors (Lipinski definition) is 1. The zero-order valence-electron chi connectivity index (χ0n) is 13.7. The summed E-state index contributed by atoms with van der Waals surface area (Å²) in [6, 6.07) is 9.14. The standard InChI is InChI=1S/C19H22N4/c1-13-6-5-8-15(10-13)16-11-20-18-17(16)19(22-12-21-18)23-9-4-3-7-14(23)2/h5-6,8,10-12,14H,3-4,7,9H2,1-2H3,(H,20,21,22). The van der Waals surface area contributed by atoms with Crippen molar-refractivity contribution in [2.24, 2.45) is 0 Å². The summed E-state index contributed by atoms with van der Waals surface area (Å²) in [6.45, 7) is 5.50. The zero-order valence-corrected chi connectivity index (χ0v) is 13.7. The van der Waals surface area contributed by atoms with Gasteiger partial charge in [0.15, 0.2) is 0 Å². The number of H-pyrrole nitrogens is 1. The molecule has 2 aromatic heterocycles. The van der Waals surface area contributed by atoms with Crippen LogP contribution in [0.4, 0.5) is 5.82 Å².